The van der Waals surface area contributed by atoms with E-state index in [2.05, 4.69) is 34.7 Å². The molecule has 0 aliphatic heterocycles. The van der Waals surface area contributed by atoms with E-state index in [1.807, 2.05) is 42.5 Å². The van der Waals surface area contributed by atoms with E-state index in [1.54, 1.807) is 4.80 Å². The van der Waals surface area contributed by atoms with Crippen LogP contribution in [0.15, 0.2) is 48.5 Å². The number of imidazole rings is 1. The van der Waals surface area contributed by atoms with Crippen LogP contribution >= 0.6 is 0 Å². The maximum atomic E-state index is 4.76. The molecule has 0 atom stereocenters. The third-order valence-corrected chi connectivity index (χ3v) is 3.80. The monoisotopic (exact) mass is 291 g/mol. The molecule has 0 radical (unpaired) electrons. The van der Waals surface area contributed by atoms with Crippen LogP contribution in [0, 0.1) is 0 Å². The van der Waals surface area contributed by atoms with E-state index >= 15 is 0 Å². The molecule has 0 aliphatic carbocycles. The van der Waals surface area contributed by atoms with E-state index in [-0.39, 0.29) is 0 Å². The summed E-state index contributed by atoms with van der Waals surface area (Å²) in [6.45, 7) is 4.91. The minimum absolute atomic E-state index is 0.340. The summed E-state index contributed by atoms with van der Waals surface area (Å²) in [5.41, 5.74) is 4.00. The molecule has 22 heavy (non-hydrogen) atoms. The average Bonchev–Trinajstić information content (AvgIpc) is 3.06. The predicted octanol–water partition coefficient (Wildman–Crippen LogP) is 3.41. The van der Waals surface area contributed by atoms with Gasteiger partial charge in [0.05, 0.1) is 11.0 Å². The topological polar surface area (TPSA) is 48.5 Å². The second-order valence-corrected chi connectivity index (χ2v) is 5.70. The van der Waals surface area contributed by atoms with Gasteiger partial charge in [-0.05, 0) is 38.1 Å². The van der Waals surface area contributed by atoms with Crippen LogP contribution in [0.1, 0.15) is 25.7 Å². The van der Waals surface area contributed by atoms with Crippen molar-refractivity contribution < 1.29 is 0 Å². The van der Waals surface area contributed by atoms with Gasteiger partial charge in [0, 0.05) is 6.04 Å². The maximum absolute atomic E-state index is 4.76. The van der Waals surface area contributed by atoms with Crippen molar-refractivity contribution in [3.63, 3.8) is 0 Å². The Bertz CT molecular complexity index is 915. The summed E-state index contributed by atoms with van der Waals surface area (Å²) < 4.78 is 2.25. The van der Waals surface area contributed by atoms with Crippen LogP contribution in [0.4, 0.5) is 0 Å². The standard InChI is InChI=1S/C17H17N5/c1-12(2)22-16-10-6-5-9-15(16)18-17(22)11-21-19-13-7-3-4-8-14(13)20-21/h3-10,12H,11H2,1-2H3. The van der Waals surface area contributed by atoms with Gasteiger partial charge in [-0.1, -0.05) is 24.3 Å². The van der Waals surface area contributed by atoms with Gasteiger partial charge in [0.2, 0.25) is 0 Å². The highest BCUT2D eigenvalue weighted by Gasteiger charge is 2.14. The van der Waals surface area contributed by atoms with Crippen molar-refractivity contribution in [1.82, 2.24) is 24.5 Å². The number of nitrogens with zero attached hydrogens (tertiary/aromatic N) is 5. The van der Waals surface area contributed by atoms with Crippen molar-refractivity contribution in [2.45, 2.75) is 26.4 Å². The van der Waals surface area contributed by atoms with Gasteiger partial charge in [0.15, 0.2) is 0 Å². The predicted molar refractivity (Wildman–Crippen MR) is 86.7 cm³/mol. The molecule has 0 bridgehead atoms. The van der Waals surface area contributed by atoms with Gasteiger partial charge in [0.1, 0.15) is 23.4 Å². The Morgan fingerprint density at radius 1 is 0.864 bits per heavy atom. The summed E-state index contributed by atoms with van der Waals surface area (Å²) in [7, 11) is 0. The van der Waals surface area contributed by atoms with E-state index < -0.39 is 0 Å². The van der Waals surface area contributed by atoms with Gasteiger partial charge < -0.3 is 4.57 Å². The van der Waals surface area contributed by atoms with E-state index in [1.165, 1.54) is 0 Å². The normalized spacial score (nSPS) is 11.8. The number of hydrogen-bond acceptors (Lipinski definition) is 3. The summed E-state index contributed by atoms with van der Waals surface area (Å²) >= 11 is 0. The smallest absolute Gasteiger partial charge is 0.133 e. The summed E-state index contributed by atoms with van der Waals surface area (Å²) in [4.78, 5) is 6.49. The molecule has 2 heterocycles. The Balaban J connectivity index is 1.81. The van der Waals surface area contributed by atoms with Crippen molar-refractivity contribution in [1.29, 1.82) is 0 Å². The highest BCUT2D eigenvalue weighted by Crippen LogP contribution is 2.21. The molecule has 5 heteroatoms. The van der Waals surface area contributed by atoms with E-state index in [4.69, 9.17) is 4.98 Å². The Labute approximate surface area is 128 Å². The number of aromatic nitrogens is 5. The molecule has 0 fully saturated rings. The fourth-order valence-electron chi connectivity index (χ4n) is 2.88. The van der Waals surface area contributed by atoms with Crippen molar-refractivity contribution in [3.05, 3.63) is 54.4 Å². The minimum atomic E-state index is 0.340. The fraction of sp³-hybridized carbons (Fsp3) is 0.235. The van der Waals surface area contributed by atoms with Gasteiger partial charge in [-0.2, -0.15) is 15.0 Å². The quantitative estimate of drug-likeness (QED) is 0.581. The van der Waals surface area contributed by atoms with E-state index in [0.717, 1.165) is 27.9 Å². The molecule has 2 aromatic carbocycles. The van der Waals surface area contributed by atoms with Crippen LogP contribution in [-0.4, -0.2) is 24.5 Å². The first-order valence-electron chi connectivity index (χ1n) is 7.48. The second kappa shape index (κ2) is 4.94. The van der Waals surface area contributed by atoms with Crippen LogP contribution in [0.2, 0.25) is 0 Å². The zero-order valence-electron chi connectivity index (χ0n) is 12.6. The van der Waals surface area contributed by atoms with Crippen molar-refractivity contribution in [2.24, 2.45) is 0 Å². The lowest BCUT2D eigenvalue weighted by molar-refractivity contribution is 0.522. The minimum Gasteiger partial charge on any atom is -0.324 e. The van der Waals surface area contributed by atoms with Crippen molar-refractivity contribution in [2.75, 3.05) is 0 Å². The number of rotatable bonds is 3. The molecule has 0 N–H and O–H groups in total. The Morgan fingerprint density at radius 3 is 2.09 bits per heavy atom. The number of fused-ring (bicyclic) bond motifs is 2. The van der Waals surface area contributed by atoms with Crippen LogP contribution in [0.3, 0.4) is 0 Å². The zero-order chi connectivity index (χ0) is 15.1. The second-order valence-electron chi connectivity index (χ2n) is 5.70. The SMILES string of the molecule is CC(C)n1c(Cn2nc3ccccc3n2)nc2ccccc21. The number of para-hydroxylation sites is 2. The van der Waals surface area contributed by atoms with E-state index in [9.17, 15) is 0 Å². The molecular weight excluding hydrogens is 274 g/mol. The summed E-state index contributed by atoms with van der Waals surface area (Å²) in [6, 6.07) is 16.5. The first-order chi connectivity index (χ1) is 10.7. The summed E-state index contributed by atoms with van der Waals surface area (Å²) in [5, 5.41) is 9.06. The first-order valence-corrected chi connectivity index (χ1v) is 7.48. The average molecular weight is 291 g/mol. The number of hydrogen-bond donors (Lipinski definition) is 0. The molecule has 0 aliphatic rings. The molecule has 4 rings (SSSR count). The molecule has 0 saturated heterocycles. The lowest BCUT2D eigenvalue weighted by Crippen LogP contribution is -2.12. The molecule has 0 spiro atoms. The molecule has 5 nitrogen and oxygen atoms in total. The molecule has 4 aromatic rings. The van der Waals surface area contributed by atoms with Crippen molar-refractivity contribution in [3.8, 4) is 0 Å². The Morgan fingerprint density at radius 2 is 1.45 bits per heavy atom. The molecule has 0 amide bonds. The maximum Gasteiger partial charge on any atom is 0.133 e. The van der Waals surface area contributed by atoms with Gasteiger partial charge >= 0.3 is 0 Å². The largest absolute Gasteiger partial charge is 0.324 e. The Hall–Kier alpha value is -2.69. The lowest BCUT2D eigenvalue weighted by atomic mass is 10.3. The van der Waals surface area contributed by atoms with Gasteiger partial charge in [-0.25, -0.2) is 4.98 Å². The fourth-order valence-corrected chi connectivity index (χ4v) is 2.88. The molecule has 2 aromatic heterocycles. The third-order valence-electron chi connectivity index (χ3n) is 3.80. The van der Waals surface area contributed by atoms with Crippen LogP contribution in [0.25, 0.3) is 22.1 Å². The molecular formula is C17H17N5. The van der Waals surface area contributed by atoms with Crippen molar-refractivity contribution >= 4 is 22.1 Å². The molecule has 0 unspecified atom stereocenters. The Kier molecular flexibility index (Phi) is 2.92. The first kappa shape index (κ1) is 13.0. The van der Waals surface area contributed by atoms with Gasteiger partial charge in [-0.3, -0.25) is 0 Å². The third kappa shape index (κ3) is 2.06. The van der Waals surface area contributed by atoms with E-state index in [0.29, 0.717) is 12.6 Å². The number of benzene rings is 2. The highest BCUT2D eigenvalue weighted by atomic mass is 15.5. The van der Waals surface area contributed by atoms with Gasteiger partial charge in [0.25, 0.3) is 0 Å². The zero-order valence-corrected chi connectivity index (χ0v) is 12.6. The molecule has 110 valence electrons. The van der Waals surface area contributed by atoms with Crippen LogP contribution in [-0.2, 0) is 6.54 Å². The van der Waals surface area contributed by atoms with Gasteiger partial charge in [-0.15, -0.1) is 0 Å². The summed E-state index contributed by atoms with van der Waals surface area (Å²) in [6.07, 6.45) is 0. The highest BCUT2D eigenvalue weighted by molar-refractivity contribution is 5.76. The lowest BCUT2D eigenvalue weighted by Gasteiger charge is -2.12. The van der Waals surface area contributed by atoms with Crippen LogP contribution in [0.5, 0.6) is 0 Å². The van der Waals surface area contributed by atoms with Crippen LogP contribution < -0.4 is 0 Å². The molecule has 0 saturated carbocycles. The summed E-state index contributed by atoms with van der Waals surface area (Å²) in [5.74, 6) is 0.983.